The van der Waals surface area contributed by atoms with Gasteiger partial charge in [0.05, 0.1) is 0 Å². The van der Waals surface area contributed by atoms with Crippen LogP contribution in [0.25, 0.3) is 39.8 Å². The van der Waals surface area contributed by atoms with E-state index in [-0.39, 0.29) is 11.6 Å². The third-order valence-corrected chi connectivity index (χ3v) is 5.06. The molecule has 0 aliphatic heterocycles. The maximum atomic E-state index is 11.9. The maximum absolute atomic E-state index is 11.9. The van der Waals surface area contributed by atoms with Crippen molar-refractivity contribution in [1.82, 2.24) is 0 Å². The molecule has 3 aromatic rings. The molecule has 24 heavy (non-hydrogen) atoms. The summed E-state index contributed by atoms with van der Waals surface area (Å²) < 4.78 is 0. The summed E-state index contributed by atoms with van der Waals surface area (Å²) >= 11 is 0. The molecule has 2 aliphatic rings. The van der Waals surface area contributed by atoms with Crippen LogP contribution in [0.1, 0.15) is 17.5 Å². The third-order valence-electron chi connectivity index (χ3n) is 5.06. The molecule has 0 fully saturated rings. The average Bonchev–Trinajstić information content (AvgIpc) is 2.60. The number of carbonyl (C=O) groups is 2. The Morgan fingerprint density at radius 2 is 1.42 bits per heavy atom. The molecule has 2 nitrogen and oxygen atoms in total. The molecule has 2 heteroatoms. The smallest absolute Gasteiger partial charge is 0.179 e. The number of rotatable bonds is 0. The van der Waals surface area contributed by atoms with Crippen LogP contribution in [0.4, 0.5) is 0 Å². The van der Waals surface area contributed by atoms with Gasteiger partial charge < -0.3 is 0 Å². The third kappa shape index (κ3) is 1.83. The second-order valence-corrected chi connectivity index (χ2v) is 6.46. The highest BCUT2D eigenvalue weighted by Gasteiger charge is 2.15. The van der Waals surface area contributed by atoms with Gasteiger partial charge >= 0.3 is 0 Å². The molecule has 0 bridgehead atoms. The Morgan fingerprint density at radius 1 is 0.708 bits per heavy atom. The molecule has 0 saturated carbocycles. The van der Waals surface area contributed by atoms with Crippen molar-refractivity contribution in [1.29, 1.82) is 0 Å². The van der Waals surface area contributed by atoms with Crippen LogP contribution in [0, 0.1) is 0 Å². The fourth-order valence-corrected chi connectivity index (χ4v) is 3.90. The first-order valence-electron chi connectivity index (χ1n) is 8.14. The van der Waals surface area contributed by atoms with Crippen molar-refractivity contribution in [3.05, 3.63) is 64.0 Å². The molecule has 0 heterocycles. The molecule has 114 valence electrons. The summed E-state index contributed by atoms with van der Waals surface area (Å²) in [5, 5.41) is 6.78. The van der Waals surface area contributed by atoms with Crippen molar-refractivity contribution in [3.8, 4) is 0 Å². The van der Waals surface area contributed by atoms with Gasteiger partial charge in [0, 0.05) is 12.8 Å². The SMILES string of the molecule is O=C1C=Cc2c(ccc3c2ccc2c4c(ccc23)=CCC(=O)C4)=C1. The second-order valence-electron chi connectivity index (χ2n) is 6.46. The average molecular weight is 310 g/mol. The van der Waals surface area contributed by atoms with Gasteiger partial charge in [-0.3, -0.25) is 9.59 Å². The number of Topliss-reactive ketones (excluding diaryl/α,β-unsaturated/α-hetero) is 1. The summed E-state index contributed by atoms with van der Waals surface area (Å²) in [5.41, 5.74) is 2.23. The summed E-state index contributed by atoms with van der Waals surface area (Å²) in [7, 11) is 0. The monoisotopic (exact) mass is 310 g/mol. The summed E-state index contributed by atoms with van der Waals surface area (Å²) in [4.78, 5) is 23.5. The first-order valence-corrected chi connectivity index (χ1v) is 8.14. The van der Waals surface area contributed by atoms with E-state index in [1.54, 1.807) is 12.2 Å². The Kier molecular flexibility index (Phi) is 2.66. The number of carbonyl (C=O) groups excluding carboxylic acids is 2. The van der Waals surface area contributed by atoms with E-state index in [0.29, 0.717) is 12.8 Å². The van der Waals surface area contributed by atoms with Gasteiger partial charge in [-0.25, -0.2) is 0 Å². The maximum Gasteiger partial charge on any atom is 0.179 e. The quantitative estimate of drug-likeness (QED) is 0.598. The van der Waals surface area contributed by atoms with Crippen molar-refractivity contribution >= 4 is 51.3 Å². The minimum Gasteiger partial charge on any atom is -0.299 e. The zero-order chi connectivity index (χ0) is 16.3. The first-order chi connectivity index (χ1) is 11.7. The fourth-order valence-electron chi connectivity index (χ4n) is 3.90. The summed E-state index contributed by atoms with van der Waals surface area (Å²) in [6.45, 7) is 0. The number of allylic oxidation sites excluding steroid dienone is 1. The van der Waals surface area contributed by atoms with Crippen molar-refractivity contribution in [3.63, 3.8) is 0 Å². The van der Waals surface area contributed by atoms with Crippen LogP contribution in [0.3, 0.4) is 0 Å². The predicted molar refractivity (Wildman–Crippen MR) is 97.0 cm³/mol. The van der Waals surface area contributed by atoms with E-state index >= 15 is 0 Å². The van der Waals surface area contributed by atoms with Crippen LogP contribution >= 0.6 is 0 Å². The minimum absolute atomic E-state index is 0.0331. The second kappa shape index (κ2) is 4.75. The lowest BCUT2D eigenvalue weighted by atomic mass is 9.89. The molecule has 0 spiro atoms. The van der Waals surface area contributed by atoms with Crippen LogP contribution < -0.4 is 10.4 Å². The van der Waals surface area contributed by atoms with E-state index in [2.05, 4.69) is 30.3 Å². The Hall–Kier alpha value is -3.00. The Labute approximate surface area is 138 Å². The van der Waals surface area contributed by atoms with Crippen molar-refractivity contribution in [2.24, 2.45) is 0 Å². The number of fused-ring (bicyclic) bond motifs is 7. The molecule has 0 radical (unpaired) electrons. The summed E-state index contributed by atoms with van der Waals surface area (Å²) in [6.07, 6.45) is 8.28. The van der Waals surface area contributed by atoms with Gasteiger partial charge in [-0.05, 0) is 61.3 Å². The highest BCUT2D eigenvalue weighted by atomic mass is 16.1. The van der Waals surface area contributed by atoms with E-state index in [9.17, 15) is 9.59 Å². The molecule has 0 amide bonds. The van der Waals surface area contributed by atoms with Gasteiger partial charge in [0.15, 0.2) is 5.78 Å². The zero-order valence-electron chi connectivity index (χ0n) is 13.0. The van der Waals surface area contributed by atoms with Crippen molar-refractivity contribution < 1.29 is 9.59 Å². The van der Waals surface area contributed by atoms with Gasteiger partial charge in [-0.15, -0.1) is 0 Å². The molecule has 0 atom stereocenters. The van der Waals surface area contributed by atoms with E-state index in [0.717, 1.165) is 27.1 Å². The highest BCUT2D eigenvalue weighted by molar-refractivity contribution is 6.19. The first kappa shape index (κ1) is 13.4. The lowest BCUT2D eigenvalue weighted by Crippen LogP contribution is -2.19. The van der Waals surface area contributed by atoms with Gasteiger partial charge in [-0.1, -0.05) is 42.5 Å². The highest BCUT2D eigenvalue weighted by Crippen LogP contribution is 2.29. The lowest BCUT2D eigenvalue weighted by Gasteiger charge is -2.14. The van der Waals surface area contributed by atoms with Gasteiger partial charge in [-0.2, -0.15) is 0 Å². The largest absolute Gasteiger partial charge is 0.299 e. The number of benzene rings is 3. The normalized spacial score (nSPS) is 15.8. The molecule has 5 rings (SSSR count). The molecule has 0 saturated heterocycles. The fraction of sp³-hybridized carbons (Fsp3) is 0.0909. The van der Waals surface area contributed by atoms with Crippen molar-refractivity contribution in [2.75, 3.05) is 0 Å². The molecule has 0 unspecified atom stereocenters. The Bertz CT molecular complexity index is 1230. The van der Waals surface area contributed by atoms with E-state index in [1.165, 1.54) is 16.0 Å². The van der Waals surface area contributed by atoms with Crippen LogP contribution in [0.2, 0.25) is 0 Å². The van der Waals surface area contributed by atoms with E-state index < -0.39 is 0 Å². The van der Waals surface area contributed by atoms with Gasteiger partial charge in [0.2, 0.25) is 0 Å². The molecule has 3 aromatic carbocycles. The Balaban J connectivity index is 1.92. The topological polar surface area (TPSA) is 34.1 Å². The van der Waals surface area contributed by atoms with E-state index in [1.807, 2.05) is 18.2 Å². The van der Waals surface area contributed by atoms with Crippen LogP contribution in [-0.4, -0.2) is 11.6 Å². The summed E-state index contributed by atoms with van der Waals surface area (Å²) in [6, 6.07) is 12.6. The zero-order valence-corrected chi connectivity index (χ0v) is 13.0. The van der Waals surface area contributed by atoms with Crippen LogP contribution in [0.15, 0.2) is 42.5 Å². The van der Waals surface area contributed by atoms with E-state index in [4.69, 9.17) is 0 Å². The van der Waals surface area contributed by atoms with Crippen molar-refractivity contribution in [2.45, 2.75) is 12.8 Å². The molecule has 0 N–H and O–H groups in total. The molecule has 2 aliphatic carbocycles. The molecule has 0 aromatic heterocycles. The standard InChI is InChI=1S/C22H14O2/c23-15-5-8-17-14(11-15)3-7-19-18(17)9-10-21-20(19)6-2-13-1-4-16(24)12-22(13)21/h1-3,5-11H,4,12H2. The molecular weight excluding hydrogens is 296 g/mol. The van der Waals surface area contributed by atoms with Gasteiger partial charge in [0.1, 0.15) is 5.78 Å². The predicted octanol–water partition coefficient (Wildman–Crippen LogP) is 2.67. The molecular formula is C22H14O2. The number of hydrogen-bond donors (Lipinski definition) is 0. The lowest BCUT2D eigenvalue weighted by molar-refractivity contribution is -0.117. The number of ketones is 2. The van der Waals surface area contributed by atoms with Crippen LogP contribution in [-0.2, 0) is 16.0 Å². The number of hydrogen-bond acceptors (Lipinski definition) is 2. The van der Waals surface area contributed by atoms with Gasteiger partial charge in [0.25, 0.3) is 0 Å². The Morgan fingerprint density at radius 3 is 2.29 bits per heavy atom. The minimum atomic E-state index is 0.0331. The van der Waals surface area contributed by atoms with Crippen LogP contribution in [0.5, 0.6) is 0 Å². The summed E-state index contributed by atoms with van der Waals surface area (Å²) in [5.74, 6) is 0.308.